The topological polar surface area (TPSA) is 97.2 Å². The molecule has 0 saturated heterocycles. The number of aromatic carboxylic acids is 1. The van der Waals surface area contributed by atoms with Crippen molar-refractivity contribution < 1.29 is 18.3 Å². The third-order valence-electron chi connectivity index (χ3n) is 2.62. The van der Waals surface area contributed by atoms with E-state index in [1.807, 2.05) is 0 Å². The Labute approximate surface area is 106 Å². The van der Waals surface area contributed by atoms with Crippen LogP contribution in [0.15, 0.2) is 6.20 Å². The monoisotopic (exact) mass is 272 g/mol. The zero-order valence-electron chi connectivity index (χ0n) is 10.7. The fraction of sp³-hybridized carbons (Fsp3) is 0.545. The SMILES string of the molecule is CC(C)c1nc(C(C)S(C)(=O)=O)ncc1C(=O)O. The highest BCUT2D eigenvalue weighted by Gasteiger charge is 2.23. The van der Waals surface area contributed by atoms with Crippen LogP contribution in [0.25, 0.3) is 0 Å². The molecule has 100 valence electrons. The summed E-state index contributed by atoms with van der Waals surface area (Å²) >= 11 is 0. The summed E-state index contributed by atoms with van der Waals surface area (Å²) < 4.78 is 22.9. The molecule has 0 radical (unpaired) electrons. The van der Waals surface area contributed by atoms with Gasteiger partial charge in [-0.2, -0.15) is 0 Å². The summed E-state index contributed by atoms with van der Waals surface area (Å²) in [5.41, 5.74) is 0.359. The normalized spacial score (nSPS) is 13.6. The molecule has 18 heavy (non-hydrogen) atoms. The molecule has 0 saturated carbocycles. The third-order valence-corrected chi connectivity index (χ3v) is 4.12. The predicted molar refractivity (Wildman–Crippen MR) is 66.3 cm³/mol. The van der Waals surface area contributed by atoms with Crippen molar-refractivity contribution in [2.45, 2.75) is 31.9 Å². The molecule has 0 aromatic carbocycles. The van der Waals surface area contributed by atoms with Crippen LogP contribution >= 0.6 is 0 Å². The van der Waals surface area contributed by atoms with E-state index in [0.717, 1.165) is 6.26 Å². The first kappa shape index (κ1) is 14.6. The van der Waals surface area contributed by atoms with Crippen molar-refractivity contribution in [1.29, 1.82) is 0 Å². The Morgan fingerprint density at radius 2 is 1.89 bits per heavy atom. The van der Waals surface area contributed by atoms with Gasteiger partial charge in [-0.1, -0.05) is 13.8 Å². The number of aromatic nitrogens is 2. The lowest BCUT2D eigenvalue weighted by molar-refractivity contribution is 0.0694. The van der Waals surface area contributed by atoms with Gasteiger partial charge in [-0.15, -0.1) is 0 Å². The standard InChI is InChI=1S/C11H16N2O4S/c1-6(2)9-8(11(14)15)5-12-10(13-9)7(3)18(4,16)17/h5-7H,1-4H3,(H,14,15). The number of hydrogen-bond donors (Lipinski definition) is 1. The number of hydrogen-bond acceptors (Lipinski definition) is 5. The molecule has 7 heteroatoms. The van der Waals surface area contributed by atoms with E-state index < -0.39 is 21.1 Å². The van der Waals surface area contributed by atoms with Crippen molar-refractivity contribution in [3.63, 3.8) is 0 Å². The van der Waals surface area contributed by atoms with Gasteiger partial charge in [0.05, 0.1) is 11.3 Å². The minimum absolute atomic E-state index is 0.00875. The maximum absolute atomic E-state index is 11.4. The van der Waals surface area contributed by atoms with Gasteiger partial charge in [-0.3, -0.25) is 0 Å². The van der Waals surface area contributed by atoms with Crippen LogP contribution in [0, 0.1) is 0 Å². The molecule has 1 rings (SSSR count). The number of rotatable bonds is 4. The summed E-state index contributed by atoms with van der Waals surface area (Å²) in [5.74, 6) is -1.10. The van der Waals surface area contributed by atoms with Crippen LogP contribution in [-0.2, 0) is 9.84 Å². The fourth-order valence-corrected chi connectivity index (χ4v) is 1.90. The predicted octanol–water partition coefficient (Wildman–Crippen LogP) is 1.40. The second-order valence-corrected chi connectivity index (χ2v) is 6.82. The van der Waals surface area contributed by atoms with Crippen LogP contribution in [0.1, 0.15) is 53.8 Å². The first-order chi connectivity index (χ1) is 8.14. The van der Waals surface area contributed by atoms with Crippen molar-refractivity contribution in [3.8, 4) is 0 Å². The number of nitrogens with zero attached hydrogens (tertiary/aromatic N) is 2. The Morgan fingerprint density at radius 3 is 2.28 bits per heavy atom. The van der Waals surface area contributed by atoms with Crippen molar-refractivity contribution >= 4 is 15.8 Å². The van der Waals surface area contributed by atoms with Crippen LogP contribution < -0.4 is 0 Å². The van der Waals surface area contributed by atoms with E-state index in [9.17, 15) is 13.2 Å². The van der Waals surface area contributed by atoms with E-state index in [4.69, 9.17) is 5.11 Å². The Bertz CT molecular complexity index is 566. The molecule has 0 fully saturated rings. The average Bonchev–Trinajstić information content (AvgIpc) is 2.25. The Balaban J connectivity index is 3.36. The number of carboxylic acids is 1. The Kier molecular flexibility index (Phi) is 4.05. The summed E-state index contributed by atoms with van der Waals surface area (Å²) in [7, 11) is -3.30. The van der Waals surface area contributed by atoms with Crippen molar-refractivity contribution in [2.75, 3.05) is 6.26 Å². The highest BCUT2D eigenvalue weighted by molar-refractivity contribution is 7.90. The van der Waals surface area contributed by atoms with Gasteiger partial charge in [0.15, 0.2) is 9.84 Å². The zero-order chi connectivity index (χ0) is 14.1. The maximum atomic E-state index is 11.4. The summed E-state index contributed by atoms with van der Waals surface area (Å²) in [6.07, 6.45) is 2.27. The third kappa shape index (κ3) is 3.04. The smallest absolute Gasteiger partial charge is 0.339 e. The summed E-state index contributed by atoms with van der Waals surface area (Å²) in [4.78, 5) is 18.9. The largest absolute Gasteiger partial charge is 0.478 e. The molecule has 1 N–H and O–H groups in total. The van der Waals surface area contributed by atoms with E-state index >= 15 is 0 Å². The first-order valence-electron chi connectivity index (χ1n) is 5.43. The fourth-order valence-electron chi connectivity index (χ4n) is 1.40. The van der Waals surface area contributed by atoms with Gasteiger partial charge in [0.2, 0.25) is 0 Å². The molecule has 1 aromatic heterocycles. The second-order valence-electron chi connectivity index (χ2n) is 4.46. The van der Waals surface area contributed by atoms with Crippen LogP contribution in [-0.4, -0.2) is 35.7 Å². The van der Waals surface area contributed by atoms with Gasteiger partial charge in [0.25, 0.3) is 0 Å². The number of sulfone groups is 1. The molecule has 0 aliphatic heterocycles. The lowest BCUT2D eigenvalue weighted by Gasteiger charge is -2.13. The van der Waals surface area contributed by atoms with Crippen molar-refractivity contribution in [2.24, 2.45) is 0 Å². The Hall–Kier alpha value is -1.50. The summed E-state index contributed by atoms with van der Waals surface area (Å²) in [5, 5.41) is 8.16. The molecule has 6 nitrogen and oxygen atoms in total. The van der Waals surface area contributed by atoms with Crippen LogP contribution in [0.5, 0.6) is 0 Å². The highest BCUT2D eigenvalue weighted by atomic mass is 32.2. The molecule has 0 amide bonds. The molecule has 0 aliphatic rings. The van der Waals surface area contributed by atoms with Crippen LogP contribution in [0.2, 0.25) is 0 Å². The molecule has 1 atom stereocenters. The number of carboxylic acid groups (broad SMARTS) is 1. The van der Waals surface area contributed by atoms with Crippen LogP contribution in [0.4, 0.5) is 0 Å². The van der Waals surface area contributed by atoms with E-state index in [1.165, 1.54) is 13.1 Å². The minimum Gasteiger partial charge on any atom is -0.478 e. The summed E-state index contributed by atoms with van der Waals surface area (Å²) in [6, 6.07) is 0. The first-order valence-corrected chi connectivity index (χ1v) is 7.39. The molecule has 0 spiro atoms. The van der Waals surface area contributed by atoms with E-state index in [-0.39, 0.29) is 17.3 Å². The lowest BCUT2D eigenvalue weighted by Crippen LogP contribution is -2.15. The van der Waals surface area contributed by atoms with Gasteiger partial charge >= 0.3 is 5.97 Å². The van der Waals surface area contributed by atoms with Crippen molar-refractivity contribution in [1.82, 2.24) is 9.97 Å². The zero-order valence-corrected chi connectivity index (χ0v) is 11.5. The second kappa shape index (κ2) is 5.01. The molecule has 1 heterocycles. The van der Waals surface area contributed by atoms with Gasteiger partial charge in [-0.05, 0) is 12.8 Å². The molecular formula is C11H16N2O4S. The Morgan fingerprint density at radius 1 is 1.33 bits per heavy atom. The van der Waals surface area contributed by atoms with Gasteiger partial charge in [0, 0.05) is 12.5 Å². The minimum atomic E-state index is -3.30. The molecule has 1 unspecified atom stereocenters. The molecule has 0 aliphatic carbocycles. The maximum Gasteiger partial charge on any atom is 0.339 e. The van der Waals surface area contributed by atoms with E-state index in [1.54, 1.807) is 13.8 Å². The van der Waals surface area contributed by atoms with Gasteiger partial charge in [-0.25, -0.2) is 23.2 Å². The molecule has 1 aromatic rings. The van der Waals surface area contributed by atoms with Gasteiger partial charge < -0.3 is 5.11 Å². The molecule has 0 bridgehead atoms. The van der Waals surface area contributed by atoms with E-state index in [2.05, 4.69) is 9.97 Å². The number of carbonyl (C=O) groups is 1. The highest BCUT2D eigenvalue weighted by Crippen LogP contribution is 2.22. The van der Waals surface area contributed by atoms with Crippen molar-refractivity contribution in [3.05, 3.63) is 23.3 Å². The van der Waals surface area contributed by atoms with E-state index in [0.29, 0.717) is 5.69 Å². The summed E-state index contributed by atoms with van der Waals surface area (Å²) in [6.45, 7) is 5.07. The quantitative estimate of drug-likeness (QED) is 0.889. The van der Waals surface area contributed by atoms with Gasteiger partial charge in [0.1, 0.15) is 11.1 Å². The average molecular weight is 272 g/mol. The molecular weight excluding hydrogens is 256 g/mol. The van der Waals surface area contributed by atoms with Crippen LogP contribution in [0.3, 0.4) is 0 Å². The lowest BCUT2D eigenvalue weighted by atomic mass is 10.1.